The summed E-state index contributed by atoms with van der Waals surface area (Å²) in [6, 6.07) is 8.23. The minimum atomic E-state index is 0.828. The fraction of sp³-hybridized carbons (Fsp3) is 0.600. The number of quaternary nitrogens is 1. The van der Waals surface area contributed by atoms with Gasteiger partial charge in [0.1, 0.15) is 18.9 Å². The van der Waals surface area contributed by atoms with E-state index in [4.69, 9.17) is 4.74 Å². The molecule has 1 fully saturated rings. The highest BCUT2D eigenvalue weighted by Gasteiger charge is 2.24. The molecule has 0 bridgehead atoms. The molecule has 100 valence electrons. The number of para-hydroxylation sites is 1. The number of hydrogen-bond donors (Lipinski definition) is 1. The summed E-state index contributed by atoms with van der Waals surface area (Å²) in [4.78, 5) is 1.70. The van der Waals surface area contributed by atoms with E-state index >= 15 is 0 Å². The minimum absolute atomic E-state index is 0.828. The molecule has 0 amide bonds. The Balaban J connectivity index is 1.77. The molecular formula is C15H23INO+. The van der Waals surface area contributed by atoms with E-state index in [9.17, 15) is 0 Å². The van der Waals surface area contributed by atoms with E-state index in [1.807, 2.05) is 12.1 Å². The monoisotopic (exact) mass is 360 g/mol. The highest BCUT2D eigenvalue weighted by Crippen LogP contribution is 2.19. The van der Waals surface area contributed by atoms with Gasteiger partial charge in [0.15, 0.2) is 0 Å². The summed E-state index contributed by atoms with van der Waals surface area (Å²) in [6.07, 6.45) is 1.39. The zero-order chi connectivity index (χ0) is 13.0. The lowest BCUT2D eigenvalue weighted by molar-refractivity contribution is -0.912. The molecule has 2 rings (SSSR count). The first-order valence-corrected chi connectivity index (χ1v) is 7.94. The summed E-state index contributed by atoms with van der Waals surface area (Å²) in [6.45, 7) is 9.31. The van der Waals surface area contributed by atoms with Gasteiger partial charge in [-0.1, -0.05) is 26.0 Å². The molecule has 0 aliphatic carbocycles. The van der Waals surface area contributed by atoms with Crippen LogP contribution in [-0.2, 0) is 0 Å². The summed E-state index contributed by atoms with van der Waals surface area (Å²) in [5.41, 5.74) is 0. The third-order valence-corrected chi connectivity index (χ3v) is 4.52. The van der Waals surface area contributed by atoms with Crippen LogP contribution in [0.3, 0.4) is 0 Å². The van der Waals surface area contributed by atoms with Crippen LogP contribution < -0.4 is 9.64 Å². The third kappa shape index (κ3) is 4.12. The smallest absolute Gasteiger partial charge is 0.137 e. The van der Waals surface area contributed by atoms with E-state index in [0.717, 1.165) is 30.7 Å². The Morgan fingerprint density at radius 3 is 2.56 bits per heavy atom. The second-order valence-corrected chi connectivity index (χ2v) is 6.80. The van der Waals surface area contributed by atoms with Crippen LogP contribution in [0.1, 0.15) is 20.3 Å². The third-order valence-electron chi connectivity index (χ3n) is 3.63. The van der Waals surface area contributed by atoms with Crippen molar-refractivity contribution in [3.63, 3.8) is 0 Å². The summed E-state index contributed by atoms with van der Waals surface area (Å²) < 4.78 is 7.08. The van der Waals surface area contributed by atoms with Crippen LogP contribution in [-0.4, -0.2) is 26.2 Å². The van der Waals surface area contributed by atoms with Crippen LogP contribution in [0, 0.1) is 15.4 Å². The average Bonchev–Trinajstić information content (AvgIpc) is 2.30. The Kier molecular flexibility index (Phi) is 5.30. The number of ether oxygens (including phenoxy) is 1. The van der Waals surface area contributed by atoms with E-state index in [-0.39, 0.29) is 0 Å². The molecule has 1 heterocycles. The van der Waals surface area contributed by atoms with Gasteiger partial charge in [0.25, 0.3) is 0 Å². The molecule has 2 atom stereocenters. The van der Waals surface area contributed by atoms with Crippen molar-refractivity contribution in [1.29, 1.82) is 0 Å². The highest BCUT2D eigenvalue weighted by molar-refractivity contribution is 14.1. The summed E-state index contributed by atoms with van der Waals surface area (Å²) in [5.74, 6) is 2.75. The lowest BCUT2D eigenvalue weighted by Crippen LogP contribution is -3.14. The van der Waals surface area contributed by atoms with Crippen molar-refractivity contribution in [1.82, 2.24) is 0 Å². The number of benzene rings is 1. The maximum Gasteiger partial charge on any atom is 0.137 e. The largest absolute Gasteiger partial charge is 0.487 e. The maximum atomic E-state index is 5.88. The fourth-order valence-corrected chi connectivity index (χ4v) is 3.54. The van der Waals surface area contributed by atoms with Crippen molar-refractivity contribution in [2.45, 2.75) is 20.3 Å². The van der Waals surface area contributed by atoms with Gasteiger partial charge in [-0.3, -0.25) is 0 Å². The van der Waals surface area contributed by atoms with Gasteiger partial charge in [-0.15, -0.1) is 0 Å². The molecule has 0 saturated carbocycles. The SMILES string of the molecule is C[C@@H]1C[C@@H](C)C[NH+](CCOc2ccccc2I)C1. The Bertz CT molecular complexity index is 373. The van der Waals surface area contributed by atoms with Crippen LogP contribution >= 0.6 is 22.6 Å². The van der Waals surface area contributed by atoms with Crippen LogP contribution in [0.4, 0.5) is 0 Å². The zero-order valence-corrected chi connectivity index (χ0v) is 13.4. The van der Waals surface area contributed by atoms with E-state index in [1.165, 1.54) is 23.1 Å². The molecule has 0 aromatic heterocycles. The molecule has 3 heteroatoms. The predicted molar refractivity (Wildman–Crippen MR) is 83.2 cm³/mol. The Morgan fingerprint density at radius 1 is 1.22 bits per heavy atom. The lowest BCUT2D eigenvalue weighted by atomic mass is 9.92. The molecule has 1 aliphatic rings. The standard InChI is InChI=1S/C15H22INO/c1-12-9-13(2)11-17(10-12)7-8-18-15-6-4-3-5-14(15)16/h3-6,12-13H,7-11H2,1-2H3/p+1/t12-,13-/m1/s1. The summed E-state index contributed by atoms with van der Waals surface area (Å²) in [7, 11) is 0. The number of halogens is 1. The Labute approximate surface area is 124 Å². The molecule has 1 saturated heterocycles. The maximum absolute atomic E-state index is 5.88. The Hall–Kier alpha value is -0.290. The van der Waals surface area contributed by atoms with E-state index in [1.54, 1.807) is 4.90 Å². The van der Waals surface area contributed by atoms with Gasteiger partial charge >= 0.3 is 0 Å². The molecule has 0 unspecified atom stereocenters. The molecule has 0 spiro atoms. The average molecular weight is 360 g/mol. The van der Waals surface area contributed by atoms with Gasteiger partial charge in [-0.25, -0.2) is 0 Å². The number of hydrogen-bond acceptors (Lipinski definition) is 1. The quantitative estimate of drug-likeness (QED) is 0.814. The Morgan fingerprint density at radius 2 is 1.89 bits per heavy atom. The number of likely N-dealkylation sites (tertiary alicyclic amines) is 1. The van der Waals surface area contributed by atoms with Gasteiger partial charge in [-0.2, -0.15) is 0 Å². The van der Waals surface area contributed by atoms with Gasteiger partial charge in [0, 0.05) is 11.8 Å². The van der Waals surface area contributed by atoms with Crippen molar-refractivity contribution >= 4 is 22.6 Å². The first-order chi connectivity index (χ1) is 8.65. The normalized spacial score (nSPS) is 28.1. The van der Waals surface area contributed by atoms with Gasteiger partial charge in [0.2, 0.25) is 0 Å². The minimum Gasteiger partial charge on any atom is -0.487 e. The van der Waals surface area contributed by atoms with Gasteiger partial charge < -0.3 is 9.64 Å². The van der Waals surface area contributed by atoms with Crippen molar-refractivity contribution in [3.8, 4) is 5.75 Å². The van der Waals surface area contributed by atoms with Gasteiger partial charge in [-0.05, 0) is 41.1 Å². The van der Waals surface area contributed by atoms with Crippen molar-refractivity contribution < 1.29 is 9.64 Å². The first kappa shape index (κ1) is 14.1. The van der Waals surface area contributed by atoms with E-state index < -0.39 is 0 Å². The number of nitrogens with one attached hydrogen (secondary N) is 1. The summed E-state index contributed by atoms with van der Waals surface area (Å²) >= 11 is 2.33. The molecule has 1 aromatic rings. The second-order valence-electron chi connectivity index (χ2n) is 5.63. The van der Waals surface area contributed by atoms with Crippen LogP contribution in [0.15, 0.2) is 24.3 Å². The van der Waals surface area contributed by atoms with Crippen molar-refractivity contribution in [2.24, 2.45) is 11.8 Å². The lowest BCUT2D eigenvalue weighted by Gasteiger charge is -2.31. The van der Waals surface area contributed by atoms with Crippen molar-refractivity contribution in [3.05, 3.63) is 27.8 Å². The van der Waals surface area contributed by atoms with Crippen LogP contribution in [0.2, 0.25) is 0 Å². The molecule has 2 nitrogen and oxygen atoms in total. The van der Waals surface area contributed by atoms with E-state index in [2.05, 4.69) is 48.6 Å². The number of rotatable bonds is 4. The second kappa shape index (κ2) is 6.75. The summed E-state index contributed by atoms with van der Waals surface area (Å²) in [5, 5.41) is 0. The number of piperidine rings is 1. The molecular weight excluding hydrogens is 337 g/mol. The molecule has 1 aromatic carbocycles. The highest BCUT2D eigenvalue weighted by atomic mass is 127. The predicted octanol–water partition coefficient (Wildman–Crippen LogP) is 2.23. The fourth-order valence-electron chi connectivity index (χ4n) is 2.99. The molecule has 1 N–H and O–H groups in total. The van der Waals surface area contributed by atoms with Crippen molar-refractivity contribution in [2.75, 3.05) is 26.2 Å². The zero-order valence-electron chi connectivity index (χ0n) is 11.3. The molecule has 18 heavy (non-hydrogen) atoms. The van der Waals surface area contributed by atoms with Crippen LogP contribution in [0.25, 0.3) is 0 Å². The molecule has 0 radical (unpaired) electrons. The van der Waals surface area contributed by atoms with E-state index in [0.29, 0.717) is 0 Å². The molecule has 1 aliphatic heterocycles. The topological polar surface area (TPSA) is 13.7 Å². The van der Waals surface area contributed by atoms with Gasteiger partial charge in [0.05, 0.1) is 16.7 Å². The first-order valence-electron chi connectivity index (χ1n) is 6.86. The van der Waals surface area contributed by atoms with Crippen LogP contribution in [0.5, 0.6) is 5.75 Å².